The second-order valence-corrected chi connectivity index (χ2v) is 6.88. The van der Waals surface area contributed by atoms with Gasteiger partial charge >= 0.3 is 0 Å². The summed E-state index contributed by atoms with van der Waals surface area (Å²) >= 11 is 0. The van der Waals surface area contributed by atoms with Crippen molar-refractivity contribution in [1.29, 1.82) is 0 Å². The van der Waals surface area contributed by atoms with Crippen LogP contribution in [0.1, 0.15) is 16.7 Å². The van der Waals surface area contributed by atoms with Crippen LogP contribution in [0, 0.1) is 6.92 Å². The van der Waals surface area contributed by atoms with Crippen LogP contribution in [0.5, 0.6) is 0 Å². The van der Waals surface area contributed by atoms with E-state index < -0.39 is 0 Å². The first-order valence-electron chi connectivity index (χ1n) is 9.16. The number of carbonyl (C=O) groups is 1. The average molecular weight is 349 g/mol. The highest BCUT2D eigenvalue weighted by Crippen LogP contribution is 2.21. The van der Waals surface area contributed by atoms with E-state index in [-0.39, 0.29) is 5.91 Å². The van der Waals surface area contributed by atoms with Crippen molar-refractivity contribution in [3.05, 3.63) is 71.3 Å². The zero-order chi connectivity index (χ0) is 18.4. The van der Waals surface area contributed by atoms with Gasteiger partial charge in [0.05, 0.1) is 0 Å². The van der Waals surface area contributed by atoms with Crippen molar-refractivity contribution >= 4 is 17.7 Å². The molecule has 1 heterocycles. The number of hydrogen-bond acceptors (Lipinski definition) is 3. The fourth-order valence-corrected chi connectivity index (χ4v) is 3.20. The van der Waals surface area contributed by atoms with Crippen LogP contribution in [-0.2, 0) is 11.3 Å². The topological polar surface area (TPSA) is 35.6 Å². The van der Waals surface area contributed by atoms with Crippen LogP contribution in [0.15, 0.2) is 54.6 Å². The quantitative estimate of drug-likeness (QED) is 0.843. The molecule has 1 aliphatic rings. The van der Waals surface area contributed by atoms with Gasteiger partial charge in [0.2, 0.25) is 5.91 Å². The van der Waals surface area contributed by atoms with Gasteiger partial charge < -0.3 is 15.1 Å². The van der Waals surface area contributed by atoms with Gasteiger partial charge in [-0.3, -0.25) is 4.79 Å². The van der Waals surface area contributed by atoms with Crippen molar-refractivity contribution in [3.63, 3.8) is 0 Å². The number of carbonyl (C=O) groups excluding carboxylic acids is 1. The third-order valence-electron chi connectivity index (χ3n) is 4.76. The van der Waals surface area contributed by atoms with Crippen molar-refractivity contribution in [3.8, 4) is 0 Å². The molecule has 0 saturated carbocycles. The Kier molecular flexibility index (Phi) is 6.08. The summed E-state index contributed by atoms with van der Waals surface area (Å²) in [6.45, 7) is 6.77. The summed E-state index contributed by atoms with van der Waals surface area (Å²) in [5, 5.41) is 3.01. The highest BCUT2D eigenvalue weighted by Gasteiger charge is 2.16. The van der Waals surface area contributed by atoms with Gasteiger partial charge in [0.25, 0.3) is 0 Å². The number of nitrogens with zero attached hydrogens (tertiary/aromatic N) is 2. The number of nitrogens with one attached hydrogen (secondary N) is 1. The van der Waals surface area contributed by atoms with Crippen LogP contribution in [0.25, 0.3) is 6.08 Å². The summed E-state index contributed by atoms with van der Waals surface area (Å²) in [7, 11) is 2.16. The Morgan fingerprint density at radius 3 is 2.62 bits per heavy atom. The van der Waals surface area contributed by atoms with Crippen molar-refractivity contribution in [2.75, 3.05) is 38.1 Å². The number of benzene rings is 2. The number of rotatable bonds is 5. The highest BCUT2D eigenvalue weighted by atomic mass is 16.1. The maximum atomic E-state index is 12.2. The Morgan fingerprint density at radius 1 is 1.08 bits per heavy atom. The Balaban J connectivity index is 1.60. The first kappa shape index (κ1) is 18.2. The largest absolute Gasteiger partial charge is 0.369 e. The van der Waals surface area contributed by atoms with Crippen LogP contribution < -0.4 is 10.2 Å². The summed E-state index contributed by atoms with van der Waals surface area (Å²) in [6.07, 6.45) is 3.46. The summed E-state index contributed by atoms with van der Waals surface area (Å²) in [5.41, 5.74) is 4.62. The summed E-state index contributed by atoms with van der Waals surface area (Å²) in [4.78, 5) is 16.9. The molecule has 1 saturated heterocycles. The highest BCUT2D eigenvalue weighted by molar-refractivity contribution is 5.91. The lowest BCUT2D eigenvalue weighted by Gasteiger charge is -2.35. The van der Waals surface area contributed by atoms with E-state index in [2.05, 4.69) is 46.4 Å². The summed E-state index contributed by atoms with van der Waals surface area (Å²) < 4.78 is 0. The molecule has 1 N–H and O–H groups in total. The van der Waals surface area contributed by atoms with Gasteiger partial charge in [-0.2, -0.15) is 0 Å². The lowest BCUT2D eigenvalue weighted by Crippen LogP contribution is -2.45. The number of amides is 1. The zero-order valence-corrected chi connectivity index (χ0v) is 15.6. The average Bonchev–Trinajstić information content (AvgIpc) is 2.66. The third kappa shape index (κ3) is 4.96. The molecular formula is C22H27N3O. The van der Waals surface area contributed by atoms with E-state index in [1.54, 1.807) is 6.08 Å². The summed E-state index contributed by atoms with van der Waals surface area (Å²) in [5.74, 6) is -0.0697. The molecule has 0 aromatic heterocycles. The number of likely N-dealkylation sites (N-methyl/N-ethyl adjacent to an activating group) is 1. The monoisotopic (exact) mass is 349 g/mol. The lowest BCUT2D eigenvalue weighted by molar-refractivity contribution is -0.116. The van der Waals surface area contributed by atoms with Crippen LogP contribution in [-0.4, -0.2) is 44.0 Å². The minimum Gasteiger partial charge on any atom is -0.369 e. The molecule has 136 valence electrons. The molecule has 3 rings (SSSR count). The molecule has 0 atom stereocenters. The number of anilines is 1. The number of hydrogen-bond donors (Lipinski definition) is 1. The number of piperazine rings is 1. The van der Waals surface area contributed by atoms with E-state index in [0.29, 0.717) is 6.54 Å². The molecule has 1 amide bonds. The van der Waals surface area contributed by atoms with E-state index in [1.807, 2.05) is 37.3 Å². The fourth-order valence-electron chi connectivity index (χ4n) is 3.20. The molecule has 2 aromatic rings. The van der Waals surface area contributed by atoms with E-state index >= 15 is 0 Å². The fraction of sp³-hybridized carbons (Fsp3) is 0.318. The summed E-state index contributed by atoms with van der Waals surface area (Å²) in [6, 6.07) is 16.5. The van der Waals surface area contributed by atoms with Crippen molar-refractivity contribution in [2.24, 2.45) is 0 Å². The van der Waals surface area contributed by atoms with Gasteiger partial charge in [0.1, 0.15) is 0 Å². The second-order valence-electron chi connectivity index (χ2n) is 6.88. The Hall–Kier alpha value is -2.59. The van der Waals surface area contributed by atoms with Gasteiger partial charge in [-0.25, -0.2) is 0 Å². The normalized spacial score (nSPS) is 15.4. The van der Waals surface area contributed by atoms with Crippen molar-refractivity contribution < 1.29 is 4.79 Å². The molecule has 0 spiro atoms. The number of para-hydroxylation sites is 1. The van der Waals surface area contributed by atoms with Gasteiger partial charge in [-0.15, -0.1) is 0 Å². The first-order chi connectivity index (χ1) is 12.6. The first-order valence-corrected chi connectivity index (χ1v) is 9.16. The van der Waals surface area contributed by atoms with Crippen LogP contribution in [0.3, 0.4) is 0 Å². The van der Waals surface area contributed by atoms with Crippen LogP contribution in [0.2, 0.25) is 0 Å². The van der Waals surface area contributed by atoms with Crippen molar-refractivity contribution in [2.45, 2.75) is 13.5 Å². The Labute approximate surface area is 156 Å². The minimum absolute atomic E-state index is 0.0697. The van der Waals surface area contributed by atoms with E-state index in [0.717, 1.165) is 37.3 Å². The van der Waals surface area contributed by atoms with E-state index in [4.69, 9.17) is 0 Å². The maximum Gasteiger partial charge on any atom is 0.244 e. The minimum atomic E-state index is -0.0697. The number of aryl methyl sites for hydroxylation is 1. The van der Waals surface area contributed by atoms with Gasteiger partial charge in [-0.05, 0) is 37.2 Å². The molecule has 0 radical (unpaired) electrons. The maximum absolute atomic E-state index is 12.2. The van der Waals surface area contributed by atoms with E-state index in [9.17, 15) is 4.79 Å². The van der Waals surface area contributed by atoms with E-state index in [1.165, 1.54) is 11.3 Å². The molecule has 0 aliphatic carbocycles. The van der Waals surface area contributed by atoms with Gasteiger partial charge in [-0.1, -0.05) is 48.0 Å². The molecule has 1 aliphatic heterocycles. The molecule has 0 bridgehead atoms. The zero-order valence-electron chi connectivity index (χ0n) is 15.6. The van der Waals surface area contributed by atoms with Crippen LogP contribution >= 0.6 is 0 Å². The lowest BCUT2D eigenvalue weighted by atomic mass is 10.1. The molecule has 4 nitrogen and oxygen atoms in total. The Morgan fingerprint density at radius 2 is 1.85 bits per heavy atom. The second kappa shape index (κ2) is 8.68. The third-order valence-corrected chi connectivity index (χ3v) is 4.76. The molecule has 1 fully saturated rings. The van der Waals surface area contributed by atoms with Crippen molar-refractivity contribution in [1.82, 2.24) is 10.2 Å². The Bertz CT molecular complexity index is 776. The molecule has 0 unspecified atom stereocenters. The molecule has 2 aromatic carbocycles. The predicted octanol–water partition coefficient (Wildman–Crippen LogP) is 3.08. The molecule has 26 heavy (non-hydrogen) atoms. The predicted molar refractivity (Wildman–Crippen MR) is 108 cm³/mol. The van der Waals surface area contributed by atoms with Gasteiger partial charge in [0.15, 0.2) is 0 Å². The van der Waals surface area contributed by atoms with Gasteiger partial charge in [0, 0.05) is 44.5 Å². The molecule has 4 heteroatoms. The standard InChI is InChI=1S/C22H27N3O/c1-18-6-5-7-19(16-18)10-11-22(26)23-17-20-8-3-4-9-21(20)25-14-12-24(2)13-15-25/h3-11,16H,12-15,17H2,1-2H3,(H,23,26)/b11-10+. The molecular weight excluding hydrogens is 322 g/mol. The van der Waals surface area contributed by atoms with Crippen LogP contribution in [0.4, 0.5) is 5.69 Å². The smallest absolute Gasteiger partial charge is 0.244 e. The SMILES string of the molecule is Cc1cccc(/C=C/C(=O)NCc2ccccc2N2CCN(C)CC2)c1.